The molecule has 0 fully saturated rings. The Hall–Kier alpha value is -2.89. The Bertz CT molecular complexity index is 867. The van der Waals surface area contributed by atoms with Gasteiger partial charge in [0.05, 0.1) is 7.11 Å². The number of benzene rings is 2. The van der Waals surface area contributed by atoms with Crippen molar-refractivity contribution in [2.24, 2.45) is 5.92 Å². The Kier molecular flexibility index (Phi) is 7.76. The molecule has 0 saturated heterocycles. The molecule has 6 heteroatoms. The predicted octanol–water partition coefficient (Wildman–Crippen LogP) is 3.95. The Balaban J connectivity index is 2.14. The van der Waals surface area contributed by atoms with E-state index >= 15 is 0 Å². The van der Waals surface area contributed by atoms with Crippen molar-refractivity contribution in [3.63, 3.8) is 0 Å². The molecule has 0 aliphatic rings. The van der Waals surface area contributed by atoms with E-state index in [4.69, 9.17) is 4.74 Å². The molecule has 0 radical (unpaired) electrons. The van der Waals surface area contributed by atoms with Gasteiger partial charge in [-0.05, 0) is 48.6 Å². The molecule has 2 rings (SSSR count). The number of likely N-dealkylation sites (N-methyl/N-ethyl adjacent to an activating group) is 1. The van der Waals surface area contributed by atoms with Gasteiger partial charge in [-0.1, -0.05) is 38.1 Å². The number of hydrogen-bond donors (Lipinski definition) is 1. The number of ether oxygens (including phenoxy) is 1. The number of rotatable bonds is 8. The molecule has 156 valence electrons. The summed E-state index contributed by atoms with van der Waals surface area (Å²) in [5, 5.41) is 2.88. The van der Waals surface area contributed by atoms with Crippen LogP contribution in [0.5, 0.6) is 5.75 Å². The normalized spacial score (nSPS) is 11.8. The van der Waals surface area contributed by atoms with Gasteiger partial charge in [0.1, 0.15) is 6.04 Å². The van der Waals surface area contributed by atoms with Gasteiger partial charge in [-0.3, -0.25) is 9.59 Å². The SMILES string of the molecule is COc1ccc(CN(C)C(=O)C(CC(C)C)NC(=O)c2ccccc2C)cc1F. The molecule has 2 aromatic carbocycles. The van der Waals surface area contributed by atoms with E-state index in [0.717, 1.165) is 5.56 Å². The van der Waals surface area contributed by atoms with E-state index in [9.17, 15) is 14.0 Å². The zero-order valence-corrected chi connectivity index (χ0v) is 17.7. The smallest absolute Gasteiger partial charge is 0.252 e. The molecule has 0 spiro atoms. The van der Waals surface area contributed by atoms with Gasteiger partial charge in [0.25, 0.3) is 5.91 Å². The summed E-state index contributed by atoms with van der Waals surface area (Å²) < 4.78 is 18.9. The molecule has 0 saturated carbocycles. The number of nitrogens with one attached hydrogen (secondary N) is 1. The number of nitrogens with zero attached hydrogens (tertiary/aromatic N) is 1. The Morgan fingerprint density at radius 1 is 1.17 bits per heavy atom. The van der Waals surface area contributed by atoms with Crippen molar-refractivity contribution < 1.29 is 18.7 Å². The summed E-state index contributed by atoms with van der Waals surface area (Å²) in [6.07, 6.45) is 0.512. The van der Waals surface area contributed by atoms with E-state index in [2.05, 4.69) is 5.32 Å². The molecule has 5 nitrogen and oxygen atoms in total. The molecule has 2 amide bonds. The first-order valence-electron chi connectivity index (χ1n) is 9.66. The first-order chi connectivity index (χ1) is 13.7. The highest BCUT2D eigenvalue weighted by Gasteiger charge is 2.26. The number of carbonyl (C=O) groups excluding carboxylic acids is 2. The summed E-state index contributed by atoms with van der Waals surface area (Å²) in [5.74, 6) is -0.584. The summed E-state index contributed by atoms with van der Waals surface area (Å²) >= 11 is 0. The van der Waals surface area contributed by atoms with Gasteiger partial charge in [0, 0.05) is 19.2 Å². The van der Waals surface area contributed by atoms with Crippen molar-refractivity contribution in [3.05, 3.63) is 65.0 Å². The van der Waals surface area contributed by atoms with E-state index in [1.807, 2.05) is 32.9 Å². The first kappa shape index (κ1) is 22.4. The minimum atomic E-state index is -0.657. The van der Waals surface area contributed by atoms with Crippen LogP contribution in [0.2, 0.25) is 0 Å². The van der Waals surface area contributed by atoms with E-state index in [1.54, 1.807) is 25.2 Å². The van der Waals surface area contributed by atoms with E-state index in [-0.39, 0.29) is 30.0 Å². The van der Waals surface area contributed by atoms with Gasteiger partial charge in [0.15, 0.2) is 11.6 Å². The quantitative estimate of drug-likeness (QED) is 0.730. The maximum Gasteiger partial charge on any atom is 0.252 e. The second-order valence-electron chi connectivity index (χ2n) is 7.63. The highest BCUT2D eigenvalue weighted by molar-refractivity contribution is 5.98. The molecule has 0 aromatic heterocycles. The molecule has 0 aliphatic carbocycles. The van der Waals surface area contributed by atoms with Crippen LogP contribution in [-0.2, 0) is 11.3 Å². The fraction of sp³-hybridized carbons (Fsp3) is 0.391. The molecule has 2 aromatic rings. The lowest BCUT2D eigenvalue weighted by atomic mass is 10.0. The van der Waals surface area contributed by atoms with Crippen LogP contribution in [-0.4, -0.2) is 36.9 Å². The number of amides is 2. The average molecular weight is 400 g/mol. The topological polar surface area (TPSA) is 58.6 Å². The predicted molar refractivity (Wildman–Crippen MR) is 111 cm³/mol. The summed E-state index contributed by atoms with van der Waals surface area (Å²) in [7, 11) is 3.05. The van der Waals surface area contributed by atoms with E-state index in [0.29, 0.717) is 17.5 Å². The van der Waals surface area contributed by atoms with Gasteiger partial charge in [-0.25, -0.2) is 4.39 Å². The standard InChI is InChI=1S/C23H29FN2O3/c1-15(2)12-20(25-22(27)18-9-7-6-8-16(18)3)23(28)26(4)14-17-10-11-21(29-5)19(24)13-17/h6-11,13,15,20H,12,14H2,1-5H3,(H,25,27). The molecule has 0 bridgehead atoms. The van der Waals surface area contributed by atoms with Crippen LogP contribution in [0, 0.1) is 18.7 Å². The van der Waals surface area contributed by atoms with Crippen LogP contribution in [0.3, 0.4) is 0 Å². The highest BCUT2D eigenvalue weighted by atomic mass is 19.1. The largest absolute Gasteiger partial charge is 0.494 e. The number of halogens is 1. The number of methoxy groups -OCH3 is 1. The lowest BCUT2D eigenvalue weighted by Gasteiger charge is -2.26. The third-order valence-electron chi connectivity index (χ3n) is 4.71. The van der Waals surface area contributed by atoms with Crippen molar-refractivity contribution in [1.29, 1.82) is 0 Å². The molecule has 1 unspecified atom stereocenters. The van der Waals surface area contributed by atoms with Gasteiger partial charge in [0.2, 0.25) is 5.91 Å². The highest BCUT2D eigenvalue weighted by Crippen LogP contribution is 2.19. The zero-order chi connectivity index (χ0) is 21.6. The van der Waals surface area contributed by atoms with Crippen LogP contribution >= 0.6 is 0 Å². The second-order valence-corrected chi connectivity index (χ2v) is 7.63. The molecule has 1 atom stereocenters. The summed E-state index contributed by atoms with van der Waals surface area (Å²) in [6, 6.07) is 11.2. The molecule has 29 heavy (non-hydrogen) atoms. The Labute approximate surface area is 171 Å². The van der Waals surface area contributed by atoms with Crippen LogP contribution in [0.4, 0.5) is 4.39 Å². The van der Waals surface area contributed by atoms with Crippen molar-refractivity contribution in [2.45, 2.75) is 39.8 Å². The van der Waals surface area contributed by atoms with Gasteiger partial charge < -0.3 is 15.0 Å². The third-order valence-corrected chi connectivity index (χ3v) is 4.71. The maximum absolute atomic E-state index is 13.9. The Morgan fingerprint density at radius 3 is 2.45 bits per heavy atom. The lowest BCUT2D eigenvalue weighted by molar-refractivity contribution is -0.132. The summed E-state index contributed by atoms with van der Waals surface area (Å²) in [5.41, 5.74) is 2.05. The van der Waals surface area contributed by atoms with Gasteiger partial charge >= 0.3 is 0 Å². The van der Waals surface area contributed by atoms with Crippen molar-refractivity contribution >= 4 is 11.8 Å². The van der Waals surface area contributed by atoms with Crippen LogP contribution < -0.4 is 10.1 Å². The van der Waals surface area contributed by atoms with Crippen molar-refractivity contribution in [1.82, 2.24) is 10.2 Å². The molecular formula is C23H29FN2O3. The minimum Gasteiger partial charge on any atom is -0.494 e. The summed E-state index contributed by atoms with van der Waals surface area (Å²) in [6.45, 7) is 6.09. The maximum atomic E-state index is 13.9. The molecule has 0 aliphatic heterocycles. The van der Waals surface area contributed by atoms with Crippen molar-refractivity contribution in [2.75, 3.05) is 14.2 Å². The van der Waals surface area contributed by atoms with Crippen LogP contribution in [0.1, 0.15) is 41.8 Å². The molecular weight excluding hydrogens is 371 g/mol. The van der Waals surface area contributed by atoms with Crippen molar-refractivity contribution in [3.8, 4) is 5.75 Å². The lowest BCUT2D eigenvalue weighted by Crippen LogP contribution is -2.47. The zero-order valence-electron chi connectivity index (χ0n) is 17.7. The monoisotopic (exact) mass is 400 g/mol. The third kappa shape index (κ3) is 6.04. The Morgan fingerprint density at radius 2 is 1.86 bits per heavy atom. The number of carbonyl (C=O) groups is 2. The number of hydrogen-bond acceptors (Lipinski definition) is 3. The number of aryl methyl sites for hydroxylation is 1. The van der Waals surface area contributed by atoms with Gasteiger partial charge in [-0.2, -0.15) is 0 Å². The van der Waals surface area contributed by atoms with E-state index < -0.39 is 11.9 Å². The van der Waals surface area contributed by atoms with E-state index in [1.165, 1.54) is 24.1 Å². The first-order valence-corrected chi connectivity index (χ1v) is 9.66. The summed E-state index contributed by atoms with van der Waals surface area (Å²) in [4.78, 5) is 27.3. The van der Waals surface area contributed by atoms with Crippen LogP contribution in [0.25, 0.3) is 0 Å². The van der Waals surface area contributed by atoms with Gasteiger partial charge in [-0.15, -0.1) is 0 Å². The minimum absolute atomic E-state index is 0.158. The van der Waals surface area contributed by atoms with Crippen LogP contribution in [0.15, 0.2) is 42.5 Å². The second kappa shape index (κ2) is 10.0. The average Bonchev–Trinajstić information content (AvgIpc) is 2.67. The molecule has 0 heterocycles. The fourth-order valence-electron chi connectivity index (χ4n) is 3.18. The molecule has 1 N–H and O–H groups in total. The fourth-order valence-corrected chi connectivity index (χ4v) is 3.18.